The molecule has 0 saturated carbocycles. The van der Waals surface area contributed by atoms with Crippen molar-refractivity contribution in [3.63, 3.8) is 0 Å². The summed E-state index contributed by atoms with van der Waals surface area (Å²) in [5, 5.41) is 15.2. The van der Waals surface area contributed by atoms with Crippen LogP contribution in [0.1, 0.15) is 43.7 Å². The van der Waals surface area contributed by atoms with Gasteiger partial charge in [0.05, 0.1) is 29.7 Å². The lowest BCUT2D eigenvalue weighted by Gasteiger charge is -2.39. The smallest absolute Gasteiger partial charge is 0.0986 e. The normalized spacial score (nSPS) is 31.9. The van der Waals surface area contributed by atoms with Crippen LogP contribution in [0.4, 0.5) is 0 Å². The van der Waals surface area contributed by atoms with Gasteiger partial charge in [0.15, 0.2) is 0 Å². The van der Waals surface area contributed by atoms with Gasteiger partial charge in [0.2, 0.25) is 0 Å². The molecule has 1 aromatic heterocycles. The molecule has 0 aromatic carbocycles. The zero-order chi connectivity index (χ0) is 14.2. The Bertz CT molecular complexity index is 466. The molecule has 2 aliphatic rings. The third kappa shape index (κ3) is 2.50. The fraction of sp³-hybridized carbons (Fsp3) is 0.800. The van der Waals surface area contributed by atoms with E-state index >= 15 is 0 Å². The quantitative estimate of drug-likeness (QED) is 0.917. The van der Waals surface area contributed by atoms with E-state index in [-0.39, 0.29) is 11.5 Å². The first-order valence-electron chi connectivity index (χ1n) is 7.58. The van der Waals surface area contributed by atoms with Crippen molar-refractivity contribution in [1.29, 1.82) is 0 Å². The van der Waals surface area contributed by atoms with Crippen LogP contribution < -0.4 is 0 Å². The molecule has 0 amide bonds. The second-order valence-corrected chi connectivity index (χ2v) is 6.06. The van der Waals surface area contributed by atoms with Crippen molar-refractivity contribution in [2.24, 2.45) is 5.92 Å². The van der Waals surface area contributed by atoms with Crippen LogP contribution in [0.25, 0.3) is 0 Å². The zero-order valence-corrected chi connectivity index (χ0v) is 12.3. The minimum atomic E-state index is -0.461. The van der Waals surface area contributed by atoms with Crippen molar-refractivity contribution in [2.45, 2.75) is 51.4 Å². The van der Waals surface area contributed by atoms with Gasteiger partial charge in [0, 0.05) is 26.2 Å². The number of hydrogen-bond acceptors (Lipinski definition) is 4. The number of aryl methyl sites for hydroxylation is 2. The van der Waals surface area contributed by atoms with E-state index in [1.165, 1.54) is 0 Å². The predicted octanol–water partition coefficient (Wildman–Crippen LogP) is 1.83. The van der Waals surface area contributed by atoms with Crippen molar-refractivity contribution in [2.75, 3.05) is 19.8 Å². The van der Waals surface area contributed by atoms with E-state index in [1.54, 1.807) is 0 Å². The molecule has 0 bridgehead atoms. The van der Waals surface area contributed by atoms with E-state index in [4.69, 9.17) is 9.47 Å². The van der Waals surface area contributed by atoms with Crippen molar-refractivity contribution in [3.05, 3.63) is 17.5 Å². The third-order valence-corrected chi connectivity index (χ3v) is 4.58. The molecule has 3 heterocycles. The van der Waals surface area contributed by atoms with Crippen LogP contribution in [0.15, 0.2) is 6.07 Å². The van der Waals surface area contributed by atoms with E-state index in [0.717, 1.165) is 43.8 Å². The summed E-state index contributed by atoms with van der Waals surface area (Å²) in [4.78, 5) is 0. The van der Waals surface area contributed by atoms with Crippen LogP contribution in [0.3, 0.4) is 0 Å². The molecule has 5 heteroatoms. The Hall–Kier alpha value is -0.910. The maximum absolute atomic E-state index is 10.8. The Morgan fingerprint density at radius 1 is 1.55 bits per heavy atom. The van der Waals surface area contributed by atoms with Crippen molar-refractivity contribution < 1.29 is 14.6 Å². The fourth-order valence-corrected chi connectivity index (χ4v) is 3.50. The van der Waals surface area contributed by atoms with Gasteiger partial charge in [-0.1, -0.05) is 0 Å². The molecule has 1 aromatic rings. The second kappa shape index (κ2) is 5.47. The van der Waals surface area contributed by atoms with Crippen molar-refractivity contribution in [3.8, 4) is 0 Å². The molecule has 5 nitrogen and oxygen atoms in total. The van der Waals surface area contributed by atoms with Gasteiger partial charge in [-0.3, -0.25) is 4.68 Å². The zero-order valence-electron chi connectivity index (χ0n) is 12.3. The molecule has 112 valence electrons. The summed E-state index contributed by atoms with van der Waals surface area (Å²) < 4.78 is 13.4. The first-order valence-corrected chi connectivity index (χ1v) is 7.58. The van der Waals surface area contributed by atoms with Crippen LogP contribution in [0.5, 0.6) is 0 Å². The highest BCUT2D eigenvalue weighted by atomic mass is 16.6. The number of aliphatic hydroxyl groups excluding tert-OH is 1. The predicted molar refractivity (Wildman–Crippen MR) is 74.4 cm³/mol. The lowest BCUT2D eigenvalue weighted by Crippen LogP contribution is -2.42. The Morgan fingerprint density at radius 2 is 2.40 bits per heavy atom. The van der Waals surface area contributed by atoms with Gasteiger partial charge in [0.25, 0.3) is 0 Å². The lowest BCUT2D eigenvalue weighted by atomic mass is 9.81. The molecule has 2 aliphatic heterocycles. The standard InChI is InChI=1S/C15H24N2O3/c1-3-17-13(8-11(2)16-17)14(18)12-4-6-20-15(9-12)5-7-19-10-15/h8,12,14,18H,3-7,9-10H2,1-2H3. The molecule has 3 unspecified atom stereocenters. The van der Waals surface area contributed by atoms with Gasteiger partial charge in [-0.25, -0.2) is 0 Å². The monoisotopic (exact) mass is 280 g/mol. The number of nitrogens with zero attached hydrogens (tertiary/aromatic N) is 2. The van der Waals surface area contributed by atoms with Crippen LogP contribution in [-0.2, 0) is 16.0 Å². The minimum Gasteiger partial charge on any atom is -0.387 e. The van der Waals surface area contributed by atoms with Gasteiger partial charge < -0.3 is 14.6 Å². The summed E-state index contributed by atoms with van der Waals surface area (Å²) in [5.41, 5.74) is 1.74. The Morgan fingerprint density at radius 3 is 3.10 bits per heavy atom. The molecule has 2 saturated heterocycles. The topological polar surface area (TPSA) is 56.5 Å². The average Bonchev–Trinajstić information content (AvgIpc) is 3.05. The maximum atomic E-state index is 10.8. The highest BCUT2D eigenvalue weighted by Crippen LogP contribution is 2.40. The van der Waals surface area contributed by atoms with E-state index in [1.807, 2.05) is 17.7 Å². The summed E-state index contributed by atoms with van der Waals surface area (Å²) >= 11 is 0. The van der Waals surface area contributed by atoms with Gasteiger partial charge in [-0.2, -0.15) is 5.10 Å². The molecule has 20 heavy (non-hydrogen) atoms. The highest BCUT2D eigenvalue weighted by Gasteiger charge is 2.43. The summed E-state index contributed by atoms with van der Waals surface area (Å²) in [6, 6.07) is 2.00. The van der Waals surface area contributed by atoms with E-state index in [0.29, 0.717) is 13.2 Å². The van der Waals surface area contributed by atoms with Crippen LogP contribution in [0, 0.1) is 12.8 Å². The molecular weight excluding hydrogens is 256 g/mol. The Kier molecular flexibility index (Phi) is 3.84. The number of aliphatic hydroxyl groups is 1. The highest BCUT2D eigenvalue weighted by molar-refractivity contribution is 5.13. The first kappa shape index (κ1) is 14.0. The van der Waals surface area contributed by atoms with E-state index in [2.05, 4.69) is 12.0 Å². The Labute approximate surface area is 119 Å². The largest absolute Gasteiger partial charge is 0.387 e. The SMILES string of the molecule is CCn1nc(C)cc1C(O)C1CCOC2(CCOC2)C1. The molecule has 0 aliphatic carbocycles. The maximum Gasteiger partial charge on any atom is 0.0986 e. The number of aromatic nitrogens is 2. The van der Waals surface area contributed by atoms with Gasteiger partial charge >= 0.3 is 0 Å². The summed E-state index contributed by atoms with van der Waals surface area (Å²) in [6.45, 7) is 6.97. The molecule has 0 radical (unpaired) electrons. The number of ether oxygens (including phenoxy) is 2. The first-order chi connectivity index (χ1) is 9.63. The number of hydrogen-bond donors (Lipinski definition) is 1. The Balaban J connectivity index is 1.77. The van der Waals surface area contributed by atoms with Crippen LogP contribution >= 0.6 is 0 Å². The molecular formula is C15H24N2O3. The average molecular weight is 280 g/mol. The van der Waals surface area contributed by atoms with Gasteiger partial charge in [-0.05, 0) is 38.7 Å². The van der Waals surface area contributed by atoms with Crippen molar-refractivity contribution in [1.82, 2.24) is 9.78 Å². The lowest BCUT2D eigenvalue weighted by molar-refractivity contribution is -0.118. The van der Waals surface area contributed by atoms with Crippen LogP contribution in [-0.4, -0.2) is 40.3 Å². The van der Waals surface area contributed by atoms with Crippen molar-refractivity contribution >= 4 is 0 Å². The summed E-state index contributed by atoms with van der Waals surface area (Å²) in [7, 11) is 0. The molecule has 2 fully saturated rings. The molecule has 3 atom stereocenters. The van der Waals surface area contributed by atoms with E-state index in [9.17, 15) is 5.11 Å². The minimum absolute atomic E-state index is 0.157. The fourth-order valence-electron chi connectivity index (χ4n) is 3.50. The molecule has 1 N–H and O–H groups in total. The van der Waals surface area contributed by atoms with Gasteiger partial charge in [0.1, 0.15) is 0 Å². The van der Waals surface area contributed by atoms with Crippen LogP contribution in [0.2, 0.25) is 0 Å². The molecule has 3 rings (SSSR count). The molecule has 1 spiro atoms. The second-order valence-electron chi connectivity index (χ2n) is 6.06. The summed E-state index contributed by atoms with van der Waals surface area (Å²) in [6.07, 6.45) is 2.26. The van der Waals surface area contributed by atoms with Gasteiger partial charge in [-0.15, -0.1) is 0 Å². The third-order valence-electron chi connectivity index (χ3n) is 4.58. The summed E-state index contributed by atoms with van der Waals surface area (Å²) in [5.74, 6) is 0.229. The van der Waals surface area contributed by atoms with E-state index < -0.39 is 6.10 Å². The number of rotatable bonds is 3.